The third kappa shape index (κ3) is 3.13. The topological polar surface area (TPSA) is 116 Å². The summed E-state index contributed by atoms with van der Waals surface area (Å²) >= 11 is 0. The predicted octanol–water partition coefficient (Wildman–Crippen LogP) is -1.45. The van der Waals surface area contributed by atoms with Crippen LogP contribution >= 0.6 is 0 Å². The minimum atomic E-state index is -1.68. The number of hydrogen-bond acceptors (Lipinski definition) is 6. The number of rotatable bonds is 2. The molecule has 0 aromatic heterocycles. The number of hydrogen-bond donors (Lipinski definition) is 4. The van der Waals surface area contributed by atoms with Gasteiger partial charge in [0.15, 0.2) is 12.4 Å². The second kappa shape index (κ2) is 6.77. The van der Waals surface area contributed by atoms with Crippen LogP contribution in [0.2, 0.25) is 0 Å². The summed E-state index contributed by atoms with van der Waals surface area (Å²) < 4.78 is 9.14. The summed E-state index contributed by atoms with van der Waals surface area (Å²) in [6.45, 7) is 4.00. The Kier molecular flexibility index (Phi) is 6.46. The van der Waals surface area contributed by atoms with Crippen molar-refractivity contribution >= 4 is 5.97 Å². The first-order valence-electron chi connectivity index (χ1n) is 4.94. The average Bonchev–Trinajstić information content (AvgIpc) is 2.27. The summed E-state index contributed by atoms with van der Waals surface area (Å²) in [5.41, 5.74) is 0. The van der Waals surface area contributed by atoms with Crippen LogP contribution in [0.5, 0.6) is 0 Å². The fourth-order valence-electron chi connectivity index (χ4n) is 1.33. The summed E-state index contributed by atoms with van der Waals surface area (Å²) in [7, 11) is 1.19. The lowest BCUT2D eigenvalue weighted by atomic mass is 9.99. The molecule has 1 heterocycles. The zero-order valence-electron chi connectivity index (χ0n) is 9.40. The van der Waals surface area contributed by atoms with Crippen LogP contribution in [0.15, 0.2) is 0 Å². The number of carbonyl (C=O) groups is 1. The molecule has 7 nitrogen and oxygen atoms in total. The zero-order valence-corrected chi connectivity index (χ0v) is 9.40. The Balaban J connectivity index is 0.00000106. The van der Waals surface area contributed by atoms with E-state index in [1.807, 2.05) is 13.8 Å². The first kappa shape index (κ1) is 15.3. The van der Waals surface area contributed by atoms with Crippen LogP contribution in [0.3, 0.4) is 0 Å². The molecule has 1 aliphatic heterocycles. The van der Waals surface area contributed by atoms with Crippen LogP contribution < -0.4 is 0 Å². The lowest BCUT2D eigenvalue weighted by Gasteiger charge is -2.38. The molecule has 0 saturated carbocycles. The van der Waals surface area contributed by atoms with Crippen molar-refractivity contribution in [3.05, 3.63) is 0 Å². The number of carboxylic acids is 1. The monoisotopic (exact) mass is 238 g/mol. The van der Waals surface area contributed by atoms with Gasteiger partial charge in [0.1, 0.15) is 18.3 Å². The van der Waals surface area contributed by atoms with E-state index in [1.54, 1.807) is 0 Å². The van der Waals surface area contributed by atoms with Gasteiger partial charge in [0.25, 0.3) is 0 Å². The van der Waals surface area contributed by atoms with Crippen LogP contribution in [0.4, 0.5) is 0 Å². The Labute approximate surface area is 93.2 Å². The summed E-state index contributed by atoms with van der Waals surface area (Å²) in [6.07, 6.45) is -7.44. The molecule has 2 unspecified atom stereocenters. The Hall–Kier alpha value is -0.730. The van der Waals surface area contributed by atoms with Gasteiger partial charge in [-0.2, -0.15) is 0 Å². The Morgan fingerprint density at radius 2 is 1.69 bits per heavy atom. The summed E-state index contributed by atoms with van der Waals surface area (Å²) in [6, 6.07) is 0. The molecule has 1 aliphatic rings. The highest BCUT2D eigenvalue weighted by Gasteiger charge is 2.47. The van der Waals surface area contributed by atoms with E-state index in [9.17, 15) is 15.0 Å². The zero-order chi connectivity index (χ0) is 12.9. The van der Waals surface area contributed by atoms with Gasteiger partial charge < -0.3 is 29.9 Å². The average molecular weight is 238 g/mol. The Morgan fingerprint density at radius 1 is 1.19 bits per heavy atom. The maximum absolute atomic E-state index is 10.5. The second-order valence-corrected chi connectivity index (χ2v) is 2.97. The first-order valence-corrected chi connectivity index (χ1v) is 4.94. The molecule has 16 heavy (non-hydrogen) atoms. The van der Waals surface area contributed by atoms with Gasteiger partial charge in [0.2, 0.25) is 0 Å². The summed E-state index contributed by atoms with van der Waals surface area (Å²) in [4.78, 5) is 10.5. The molecule has 1 fully saturated rings. The van der Waals surface area contributed by atoms with E-state index in [1.165, 1.54) is 7.11 Å². The lowest BCUT2D eigenvalue weighted by Crippen LogP contribution is -2.60. The molecule has 1 saturated heterocycles. The van der Waals surface area contributed by atoms with Crippen molar-refractivity contribution in [3.8, 4) is 0 Å². The molecular weight excluding hydrogens is 220 g/mol. The maximum atomic E-state index is 10.5. The first-order chi connectivity index (χ1) is 7.49. The minimum Gasteiger partial charge on any atom is -0.479 e. The smallest absolute Gasteiger partial charge is 0.335 e. The van der Waals surface area contributed by atoms with Gasteiger partial charge in [-0.15, -0.1) is 0 Å². The van der Waals surface area contributed by atoms with Crippen LogP contribution in [0.25, 0.3) is 0 Å². The number of aliphatic carboxylic acids is 1. The number of carboxylic acid groups (broad SMARTS) is 1. The fraction of sp³-hybridized carbons (Fsp3) is 0.889. The van der Waals surface area contributed by atoms with Gasteiger partial charge >= 0.3 is 5.97 Å². The van der Waals surface area contributed by atoms with Crippen molar-refractivity contribution in [2.75, 3.05) is 7.11 Å². The van der Waals surface area contributed by atoms with Crippen molar-refractivity contribution in [1.82, 2.24) is 0 Å². The van der Waals surface area contributed by atoms with E-state index >= 15 is 0 Å². The quantitative estimate of drug-likeness (QED) is 0.465. The van der Waals surface area contributed by atoms with Crippen LogP contribution in [-0.4, -0.2) is 64.2 Å². The molecule has 0 spiro atoms. The van der Waals surface area contributed by atoms with Gasteiger partial charge in [-0.25, -0.2) is 4.79 Å². The highest BCUT2D eigenvalue weighted by Crippen LogP contribution is 2.21. The summed E-state index contributed by atoms with van der Waals surface area (Å²) in [5.74, 6) is -1.43. The van der Waals surface area contributed by atoms with E-state index < -0.39 is 36.7 Å². The normalized spacial score (nSPS) is 38.5. The highest BCUT2D eigenvalue weighted by molar-refractivity contribution is 5.73. The third-order valence-electron chi connectivity index (χ3n) is 2.08. The molecule has 0 aromatic carbocycles. The molecule has 0 amide bonds. The molecule has 96 valence electrons. The van der Waals surface area contributed by atoms with Gasteiger partial charge in [0.05, 0.1) is 0 Å². The molecule has 0 radical (unpaired) electrons. The van der Waals surface area contributed by atoms with Crippen LogP contribution in [0, 0.1) is 0 Å². The molecule has 7 heteroatoms. The number of aliphatic hydroxyl groups excluding tert-OH is 3. The van der Waals surface area contributed by atoms with E-state index in [2.05, 4.69) is 9.47 Å². The SMILES string of the molecule is CC.CO[C@@H]1C(O)[C@H](O)O[C@H](C(=O)O)C1O. The Morgan fingerprint density at radius 3 is 2.06 bits per heavy atom. The van der Waals surface area contributed by atoms with Crippen molar-refractivity contribution in [1.29, 1.82) is 0 Å². The molecule has 0 aliphatic carbocycles. The van der Waals surface area contributed by atoms with Gasteiger partial charge in [0, 0.05) is 7.11 Å². The largest absolute Gasteiger partial charge is 0.479 e. The number of ether oxygens (including phenoxy) is 2. The van der Waals surface area contributed by atoms with Gasteiger partial charge in [-0.1, -0.05) is 13.8 Å². The van der Waals surface area contributed by atoms with Crippen molar-refractivity contribution < 1.29 is 34.7 Å². The standard InChI is InChI=1S/C7H12O7.C2H6/c1-13-4-2(8)5(6(10)11)14-7(12)3(4)9;1-2/h2-5,7-9,12H,1H3,(H,10,11);1-2H3/t2?,3?,4-,5-,7+;/m0./s1. The van der Waals surface area contributed by atoms with E-state index in [-0.39, 0.29) is 0 Å². The predicted molar refractivity (Wildman–Crippen MR) is 52.7 cm³/mol. The van der Waals surface area contributed by atoms with E-state index in [0.29, 0.717) is 0 Å². The third-order valence-corrected chi connectivity index (χ3v) is 2.08. The second-order valence-electron chi connectivity index (χ2n) is 2.97. The van der Waals surface area contributed by atoms with E-state index in [0.717, 1.165) is 0 Å². The maximum Gasteiger partial charge on any atom is 0.335 e. The van der Waals surface area contributed by atoms with Crippen LogP contribution in [-0.2, 0) is 14.3 Å². The number of methoxy groups -OCH3 is 1. The van der Waals surface area contributed by atoms with Gasteiger partial charge in [-0.3, -0.25) is 0 Å². The Bertz CT molecular complexity index is 220. The molecule has 0 aromatic rings. The molecule has 4 N–H and O–H groups in total. The van der Waals surface area contributed by atoms with Crippen molar-refractivity contribution in [2.45, 2.75) is 44.6 Å². The summed E-state index contributed by atoms with van der Waals surface area (Å²) in [5, 5.41) is 36.3. The molecule has 5 atom stereocenters. The van der Waals surface area contributed by atoms with E-state index in [4.69, 9.17) is 10.2 Å². The number of aliphatic hydroxyl groups is 3. The lowest BCUT2D eigenvalue weighted by molar-refractivity contribution is -0.283. The van der Waals surface area contributed by atoms with Gasteiger partial charge in [-0.05, 0) is 0 Å². The molecular formula is C9H18O7. The fourth-order valence-corrected chi connectivity index (χ4v) is 1.33. The molecule has 0 bridgehead atoms. The molecule has 1 rings (SSSR count). The van der Waals surface area contributed by atoms with Crippen LogP contribution in [0.1, 0.15) is 13.8 Å². The van der Waals surface area contributed by atoms with Crippen molar-refractivity contribution in [2.24, 2.45) is 0 Å². The highest BCUT2D eigenvalue weighted by atomic mass is 16.7. The van der Waals surface area contributed by atoms with Crippen molar-refractivity contribution in [3.63, 3.8) is 0 Å². The minimum absolute atomic E-state index is 1.18.